The third kappa shape index (κ3) is 4.06. The van der Waals surface area contributed by atoms with E-state index in [4.69, 9.17) is 11.6 Å². The van der Waals surface area contributed by atoms with Gasteiger partial charge in [-0.2, -0.15) is 0 Å². The van der Waals surface area contributed by atoms with Gasteiger partial charge in [0.25, 0.3) is 0 Å². The topological polar surface area (TPSA) is 46.2 Å². The molecule has 0 aliphatic heterocycles. The van der Waals surface area contributed by atoms with Crippen molar-refractivity contribution in [2.45, 2.75) is 11.3 Å². The molecule has 0 saturated carbocycles. The summed E-state index contributed by atoms with van der Waals surface area (Å²) in [5.41, 5.74) is 0.993. The summed E-state index contributed by atoms with van der Waals surface area (Å²) in [6.45, 7) is 0.323. The zero-order valence-corrected chi connectivity index (χ0v) is 13.7. The van der Waals surface area contributed by atoms with Gasteiger partial charge in [0, 0.05) is 16.0 Å². The highest BCUT2D eigenvalue weighted by Crippen LogP contribution is 2.20. The van der Waals surface area contributed by atoms with Crippen LogP contribution in [0.4, 0.5) is 0 Å². The first-order valence-corrected chi connectivity index (χ1v) is 8.63. The van der Waals surface area contributed by atoms with Crippen LogP contribution in [0.5, 0.6) is 0 Å². The fourth-order valence-electron chi connectivity index (χ4n) is 1.76. The van der Waals surface area contributed by atoms with Gasteiger partial charge < -0.3 is 0 Å². The van der Waals surface area contributed by atoms with Crippen molar-refractivity contribution < 1.29 is 8.42 Å². The summed E-state index contributed by atoms with van der Waals surface area (Å²) in [7, 11) is -3.50. The molecule has 0 unspecified atom stereocenters. The molecule has 0 amide bonds. The van der Waals surface area contributed by atoms with Crippen molar-refractivity contribution in [1.29, 1.82) is 0 Å². The van der Waals surface area contributed by atoms with E-state index in [9.17, 15) is 8.42 Å². The smallest absolute Gasteiger partial charge is 0.211 e. The Morgan fingerprint density at radius 2 is 1.85 bits per heavy atom. The largest absolute Gasteiger partial charge is 0.241 e. The third-order valence-electron chi connectivity index (χ3n) is 2.72. The molecule has 0 aromatic heterocycles. The van der Waals surface area contributed by atoms with E-state index in [1.807, 2.05) is 18.2 Å². The molecule has 0 radical (unpaired) electrons. The van der Waals surface area contributed by atoms with Crippen LogP contribution in [0.25, 0.3) is 0 Å². The van der Waals surface area contributed by atoms with Gasteiger partial charge >= 0.3 is 0 Å². The average Bonchev–Trinajstić information content (AvgIpc) is 2.39. The van der Waals surface area contributed by atoms with Crippen LogP contribution < -0.4 is 4.72 Å². The molecule has 1 N–H and O–H groups in total. The number of hydrogen-bond acceptors (Lipinski definition) is 2. The highest BCUT2D eigenvalue weighted by Gasteiger charge is 2.16. The molecule has 3 nitrogen and oxygen atoms in total. The predicted octanol–water partition coefficient (Wildman–Crippen LogP) is 3.62. The van der Waals surface area contributed by atoms with Crippen molar-refractivity contribution in [3.63, 3.8) is 0 Å². The zero-order valence-electron chi connectivity index (χ0n) is 10.5. The Labute approximate surface area is 132 Å². The second-order valence-corrected chi connectivity index (χ2v) is 7.23. The Hall–Kier alpha value is -0.880. The van der Waals surface area contributed by atoms with Crippen LogP contribution in [0.15, 0.2) is 57.9 Å². The third-order valence-corrected chi connectivity index (χ3v) is 5.43. The molecule has 0 fully saturated rings. The summed E-state index contributed by atoms with van der Waals surface area (Å²) in [5.74, 6) is 0. The van der Waals surface area contributed by atoms with Crippen LogP contribution in [-0.2, 0) is 16.4 Å². The van der Waals surface area contributed by atoms with E-state index in [1.165, 1.54) is 0 Å². The van der Waals surface area contributed by atoms with Crippen molar-refractivity contribution in [2.75, 3.05) is 6.54 Å². The van der Waals surface area contributed by atoms with Crippen molar-refractivity contribution in [2.24, 2.45) is 0 Å². The van der Waals surface area contributed by atoms with Gasteiger partial charge in [0.05, 0.1) is 4.90 Å². The molecule has 0 atom stereocenters. The molecule has 0 aliphatic carbocycles. The van der Waals surface area contributed by atoms with Gasteiger partial charge in [-0.3, -0.25) is 0 Å². The summed E-state index contributed by atoms with van der Waals surface area (Å²) in [4.78, 5) is 0.242. The fourth-order valence-corrected chi connectivity index (χ4v) is 4.01. The van der Waals surface area contributed by atoms with E-state index in [1.54, 1.807) is 30.3 Å². The first-order chi connectivity index (χ1) is 9.49. The van der Waals surface area contributed by atoms with Crippen molar-refractivity contribution in [3.8, 4) is 0 Å². The van der Waals surface area contributed by atoms with Gasteiger partial charge in [0.15, 0.2) is 0 Å². The molecular formula is C14H13BrClNO2S. The summed E-state index contributed by atoms with van der Waals surface area (Å²) >= 11 is 9.13. The summed E-state index contributed by atoms with van der Waals surface area (Å²) in [6.07, 6.45) is 0.588. The SMILES string of the molecule is O=S(=O)(NCCc1cccc(Cl)c1)c1ccccc1Br. The minimum Gasteiger partial charge on any atom is -0.211 e. The van der Waals surface area contributed by atoms with Gasteiger partial charge in [0.2, 0.25) is 10.0 Å². The van der Waals surface area contributed by atoms with Crippen LogP contribution >= 0.6 is 27.5 Å². The summed E-state index contributed by atoms with van der Waals surface area (Å²) < 4.78 is 27.4. The van der Waals surface area contributed by atoms with E-state index in [0.29, 0.717) is 22.5 Å². The fraction of sp³-hybridized carbons (Fsp3) is 0.143. The number of sulfonamides is 1. The molecule has 2 rings (SSSR count). The van der Waals surface area contributed by atoms with Crippen LogP contribution in [0.2, 0.25) is 5.02 Å². The van der Waals surface area contributed by atoms with Crippen molar-refractivity contribution >= 4 is 37.6 Å². The van der Waals surface area contributed by atoms with Gasteiger partial charge in [-0.05, 0) is 52.2 Å². The Morgan fingerprint density at radius 3 is 2.55 bits per heavy atom. The van der Waals surface area contributed by atoms with Crippen molar-refractivity contribution in [3.05, 3.63) is 63.6 Å². The van der Waals surface area contributed by atoms with E-state index >= 15 is 0 Å². The maximum Gasteiger partial charge on any atom is 0.241 e. The average molecular weight is 375 g/mol. The molecule has 2 aromatic carbocycles. The van der Waals surface area contributed by atoms with Crippen molar-refractivity contribution in [1.82, 2.24) is 4.72 Å². The molecule has 0 aliphatic rings. The van der Waals surface area contributed by atoms with E-state index in [2.05, 4.69) is 20.7 Å². The maximum absolute atomic E-state index is 12.1. The molecule has 0 spiro atoms. The number of nitrogens with one attached hydrogen (secondary N) is 1. The highest BCUT2D eigenvalue weighted by atomic mass is 79.9. The first-order valence-electron chi connectivity index (χ1n) is 5.98. The first kappa shape index (κ1) is 15.5. The van der Waals surface area contributed by atoms with Gasteiger partial charge in [-0.25, -0.2) is 13.1 Å². The van der Waals surface area contributed by atoms with Crippen LogP contribution in [0.1, 0.15) is 5.56 Å². The number of halogens is 2. The van der Waals surface area contributed by atoms with Crippen LogP contribution in [0.3, 0.4) is 0 Å². The lowest BCUT2D eigenvalue weighted by Crippen LogP contribution is -2.26. The minimum absolute atomic E-state index is 0.242. The van der Waals surface area contributed by atoms with Gasteiger partial charge in [0.1, 0.15) is 0 Å². The second kappa shape index (κ2) is 6.72. The molecular weight excluding hydrogens is 362 g/mol. The second-order valence-electron chi connectivity index (χ2n) is 4.21. The zero-order chi connectivity index (χ0) is 14.6. The standard InChI is InChI=1S/C14H13BrClNO2S/c15-13-6-1-2-7-14(13)20(18,19)17-9-8-11-4-3-5-12(16)10-11/h1-7,10,17H,8-9H2. The molecule has 0 saturated heterocycles. The van der Waals surface area contributed by atoms with Gasteiger partial charge in [-0.1, -0.05) is 35.9 Å². The molecule has 0 heterocycles. The molecule has 2 aromatic rings. The molecule has 20 heavy (non-hydrogen) atoms. The quantitative estimate of drug-likeness (QED) is 0.869. The van der Waals surface area contributed by atoms with E-state index < -0.39 is 10.0 Å². The Balaban J connectivity index is 2.02. The highest BCUT2D eigenvalue weighted by molar-refractivity contribution is 9.10. The van der Waals surface area contributed by atoms with Gasteiger partial charge in [-0.15, -0.1) is 0 Å². The Kier molecular flexibility index (Phi) is 5.21. The molecule has 106 valence electrons. The number of hydrogen-bond donors (Lipinski definition) is 1. The monoisotopic (exact) mass is 373 g/mol. The minimum atomic E-state index is -3.50. The predicted molar refractivity (Wildman–Crippen MR) is 84.5 cm³/mol. The lowest BCUT2D eigenvalue weighted by atomic mass is 10.2. The lowest BCUT2D eigenvalue weighted by molar-refractivity contribution is 0.581. The van der Waals surface area contributed by atoms with E-state index in [-0.39, 0.29) is 4.90 Å². The lowest BCUT2D eigenvalue weighted by Gasteiger charge is -2.08. The van der Waals surface area contributed by atoms with E-state index in [0.717, 1.165) is 5.56 Å². The van der Waals surface area contributed by atoms with Crippen LogP contribution in [-0.4, -0.2) is 15.0 Å². The van der Waals surface area contributed by atoms with Crippen LogP contribution in [0, 0.1) is 0 Å². The molecule has 0 bridgehead atoms. The summed E-state index contributed by atoms with van der Waals surface area (Å²) in [6, 6.07) is 14.1. The Morgan fingerprint density at radius 1 is 1.10 bits per heavy atom. The Bertz CT molecular complexity index is 704. The number of rotatable bonds is 5. The normalized spacial score (nSPS) is 11.5. The maximum atomic E-state index is 12.1. The molecule has 6 heteroatoms. The summed E-state index contributed by atoms with van der Waals surface area (Å²) in [5, 5.41) is 0.649. The number of benzene rings is 2.